The van der Waals surface area contributed by atoms with Crippen LogP contribution in [0.3, 0.4) is 0 Å². The second kappa shape index (κ2) is 13.0. The zero-order valence-electron chi connectivity index (χ0n) is 22.4. The van der Waals surface area contributed by atoms with Crippen LogP contribution >= 0.6 is 22.6 Å². The molecule has 2 heterocycles. The first-order valence-corrected chi connectivity index (χ1v) is 15.5. The lowest BCUT2D eigenvalue weighted by atomic mass is 9.80. The average Bonchev–Trinajstić information content (AvgIpc) is 3.41. The van der Waals surface area contributed by atoms with E-state index in [1.54, 1.807) is 29.2 Å². The van der Waals surface area contributed by atoms with Gasteiger partial charge in [0.1, 0.15) is 4.61 Å². The van der Waals surface area contributed by atoms with Crippen molar-refractivity contribution in [1.82, 2.24) is 15.2 Å². The molecule has 2 aliphatic rings. The lowest BCUT2D eigenvalue weighted by Gasteiger charge is -2.38. The van der Waals surface area contributed by atoms with Crippen molar-refractivity contribution in [3.8, 4) is 0 Å². The first-order chi connectivity index (χ1) is 19.4. The van der Waals surface area contributed by atoms with Crippen LogP contribution in [0.2, 0.25) is 0 Å². The monoisotopic (exact) mass is 657 g/mol. The quantitative estimate of drug-likeness (QED) is 0.152. The number of urea groups is 1. The summed E-state index contributed by atoms with van der Waals surface area (Å²) < 4.78 is 5.29. The minimum absolute atomic E-state index is 0.0827. The molecule has 3 amide bonds. The van der Waals surface area contributed by atoms with Crippen molar-refractivity contribution in [3.63, 3.8) is 0 Å². The predicted octanol–water partition coefficient (Wildman–Crippen LogP) is 5.13. The number of aromatic nitrogens is 1. The Balaban J connectivity index is 1.11. The van der Waals surface area contributed by atoms with Gasteiger partial charge in [0.05, 0.1) is 11.6 Å². The Morgan fingerprint density at radius 1 is 1.02 bits per heavy atom. The number of halogens is 1. The highest BCUT2D eigenvalue weighted by Gasteiger charge is 2.34. The Bertz CT molecular complexity index is 1340. The first-order valence-electron chi connectivity index (χ1n) is 13.9. The Kier molecular flexibility index (Phi) is 9.25. The molecule has 212 valence electrons. The molecule has 5 rings (SSSR count). The number of anilines is 1. The van der Waals surface area contributed by atoms with Crippen molar-refractivity contribution in [2.45, 2.75) is 56.5 Å². The molecule has 2 aromatic carbocycles. The summed E-state index contributed by atoms with van der Waals surface area (Å²) in [5, 5.41) is 7.77. The summed E-state index contributed by atoms with van der Waals surface area (Å²) in [6.07, 6.45) is 7.68. The maximum absolute atomic E-state index is 12.9. The number of carbonyl (C=O) groups is 3. The van der Waals surface area contributed by atoms with Gasteiger partial charge >= 0.3 is 12.0 Å². The van der Waals surface area contributed by atoms with Gasteiger partial charge in [-0.3, -0.25) is 4.79 Å². The number of nitrogens with zero attached hydrogens (tertiary/aromatic N) is 1. The van der Waals surface area contributed by atoms with Crippen LogP contribution in [0.5, 0.6) is 0 Å². The number of amides is 3. The van der Waals surface area contributed by atoms with Gasteiger partial charge in [-0.15, -0.1) is 0 Å². The molecule has 1 unspecified atom stereocenters. The topological polar surface area (TPSA) is 130 Å². The molecule has 10 heteroatoms. The number of para-hydroxylation sites is 1. The molecule has 2 fully saturated rings. The number of likely N-dealkylation sites (tertiary alicyclic amines) is 1. The fraction of sp³-hybridized carbons (Fsp3) is 0.433. The molecule has 1 aliphatic carbocycles. The minimum atomic E-state index is -0.428. The molecule has 0 spiro atoms. The third kappa shape index (κ3) is 6.60. The first kappa shape index (κ1) is 28.4. The van der Waals surface area contributed by atoms with Crippen LogP contribution < -0.4 is 16.4 Å². The highest BCUT2D eigenvalue weighted by Crippen LogP contribution is 2.37. The third-order valence-electron chi connectivity index (χ3n) is 8.34. The summed E-state index contributed by atoms with van der Waals surface area (Å²) in [7, 11) is 0. The number of rotatable bonds is 8. The summed E-state index contributed by atoms with van der Waals surface area (Å²) in [4.78, 5) is 42.5. The standard InChI is InChI=1S/C30H36IN5O4/c31-18-40-29(38)21-4-3-5-23(16-21)35-30(39)36-14-12-20(13-15-36)27(28(32)37)34-22-10-8-19(9-11-22)25-17-33-26-7-2-1-6-24(25)26/h1-7,16-17,19-20,22,27,33-34H,8-15,18H2,(H2,32,37)(H,35,39). The van der Waals surface area contributed by atoms with Crippen molar-refractivity contribution in [1.29, 1.82) is 0 Å². The number of H-pyrrole nitrogens is 1. The highest BCUT2D eigenvalue weighted by molar-refractivity contribution is 14.1. The Morgan fingerprint density at radius 3 is 2.50 bits per heavy atom. The Labute approximate surface area is 247 Å². The maximum Gasteiger partial charge on any atom is 0.338 e. The summed E-state index contributed by atoms with van der Waals surface area (Å²) in [6, 6.07) is 14.8. The van der Waals surface area contributed by atoms with Crippen molar-refractivity contribution in [2.75, 3.05) is 23.0 Å². The number of nitrogens with two attached hydrogens (primary N) is 1. The van der Waals surface area contributed by atoms with Gasteiger partial charge in [-0.2, -0.15) is 0 Å². The summed E-state index contributed by atoms with van der Waals surface area (Å²) in [6.45, 7) is 1.07. The van der Waals surface area contributed by atoms with Gasteiger partial charge < -0.3 is 31.0 Å². The normalized spacial score (nSPS) is 20.7. The van der Waals surface area contributed by atoms with Gasteiger partial charge in [-0.25, -0.2) is 9.59 Å². The van der Waals surface area contributed by atoms with Crippen molar-refractivity contribution in [2.24, 2.45) is 11.7 Å². The fourth-order valence-electron chi connectivity index (χ4n) is 6.20. The van der Waals surface area contributed by atoms with E-state index in [2.05, 4.69) is 46.1 Å². The Morgan fingerprint density at radius 2 is 1.77 bits per heavy atom. The number of ether oxygens (including phenoxy) is 1. The SMILES string of the molecule is NC(=O)C(NC1CCC(c2c[nH]c3ccccc23)CC1)C1CCN(C(=O)Nc2cccc(C(=O)OCI)c2)CC1. The molecule has 1 aromatic heterocycles. The summed E-state index contributed by atoms with van der Waals surface area (Å²) >= 11 is 1.96. The second-order valence-corrected chi connectivity index (χ2v) is 11.4. The van der Waals surface area contributed by atoms with E-state index in [0.29, 0.717) is 43.1 Å². The molecule has 9 nitrogen and oxygen atoms in total. The largest absolute Gasteiger partial charge is 0.451 e. The number of fused-ring (bicyclic) bond motifs is 1. The molecule has 0 bridgehead atoms. The smallest absolute Gasteiger partial charge is 0.338 e. The van der Waals surface area contributed by atoms with Crippen LogP contribution in [0, 0.1) is 5.92 Å². The molecular formula is C30H36IN5O4. The molecular weight excluding hydrogens is 621 g/mol. The predicted molar refractivity (Wildman–Crippen MR) is 163 cm³/mol. The molecule has 0 radical (unpaired) electrons. The van der Waals surface area contributed by atoms with Gasteiger partial charge in [-0.1, -0.05) is 24.3 Å². The van der Waals surface area contributed by atoms with E-state index in [4.69, 9.17) is 10.5 Å². The highest BCUT2D eigenvalue weighted by atomic mass is 127. The molecule has 1 atom stereocenters. The lowest BCUT2D eigenvalue weighted by Crippen LogP contribution is -2.54. The van der Waals surface area contributed by atoms with Crippen LogP contribution in [0.1, 0.15) is 60.4 Å². The number of benzene rings is 2. The van der Waals surface area contributed by atoms with E-state index < -0.39 is 12.0 Å². The van der Waals surface area contributed by atoms with E-state index >= 15 is 0 Å². The molecule has 5 N–H and O–H groups in total. The summed E-state index contributed by atoms with van der Waals surface area (Å²) in [5.74, 6) is -0.153. The number of hydrogen-bond acceptors (Lipinski definition) is 5. The number of esters is 1. The van der Waals surface area contributed by atoms with Gasteiger partial charge in [0.25, 0.3) is 0 Å². The van der Waals surface area contributed by atoms with E-state index in [0.717, 1.165) is 25.7 Å². The van der Waals surface area contributed by atoms with E-state index in [1.807, 2.05) is 22.6 Å². The molecule has 1 aliphatic heterocycles. The number of aromatic amines is 1. The average molecular weight is 658 g/mol. The number of primary amides is 1. The van der Waals surface area contributed by atoms with Gasteiger partial charge in [-0.05, 0) is 103 Å². The Hall–Kier alpha value is -3.12. The van der Waals surface area contributed by atoms with Crippen LogP contribution in [-0.2, 0) is 9.53 Å². The van der Waals surface area contributed by atoms with Crippen molar-refractivity contribution < 1.29 is 19.1 Å². The maximum atomic E-state index is 12.9. The van der Waals surface area contributed by atoms with Gasteiger partial charge in [0.15, 0.2) is 0 Å². The van der Waals surface area contributed by atoms with Crippen LogP contribution in [0.25, 0.3) is 10.9 Å². The molecule has 1 saturated heterocycles. The molecule has 3 aromatic rings. The van der Waals surface area contributed by atoms with Crippen LogP contribution in [0.15, 0.2) is 54.7 Å². The molecule has 1 saturated carbocycles. The third-order valence-corrected chi connectivity index (χ3v) is 8.65. The minimum Gasteiger partial charge on any atom is -0.451 e. The fourth-order valence-corrected chi connectivity index (χ4v) is 6.49. The van der Waals surface area contributed by atoms with Crippen molar-refractivity contribution >= 4 is 57.1 Å². The van der Waals surface area contributed by atoms with E-state index in [-0.39, 0.29) is 28.5 Å². The number of piperidine rings is 1. The second-order valence-electron chi connectivity index (χ2n) is 10.8. The van der Waals surface area contributed by atoms with Crippen LogP contribution in [-0.4, -0.2) is 57.6 Å². The lowest BCUT2D eigenvalue weighted by molar-refractivity contribution is -0.122. The van der Waals surface area contributed by atoms with E-state index in [1.165, 1.54) is 16.5 Å². The number of alkyl halides is 1. The zero-order chi connectivity index (χ0) is 28.1. The number of hydrogen-bond donors (Lipinski definition) is 4. The molecule has 40 heavy (non-hydrogen) atoms. The van der Waals surface area contributed by atoms with Crippen molar-refractivity contribution in [3.05, 3.63) is 65.9 Å². The van der Waals surface area contributed by atoms with Gasteiger partial charge in [0, 0.05) is 41.9 Å². The number of nitrogens with one attached hydrogen (secondary N) is 3. The number of carbonyl (C=O) groups excluding carboxylic acids is 3. The van der Waals surface area contributed by atoms with E-state index in [9.17, 15) is 14.4 Å². The van der Waals surface area contributed by atoms with Crippen LogP contribution in [0.4, 0.5) is 10.5 Å². The zero-order valence-corrected chi connectivity index (χ0v) is 24.6. The van der Waals surface area contributed by atoms with Gasteiger partial charge in [0.2, 0.25) is 5.91 Å². The summed E-state index contributed by atoms with van der Waals surface area (Å²) in [5.41, 5.74) is 9.36.